The van der Waals surface area contributed by atoms with Crippen LogP contribution in [0.2, 0.25) is 5.15 Å². The zero-order chi connectivity index (χ0) is 15.9. The molecule has 23 heavy (non-hydrogen) atoms. The number of rotatable bonds is 6. The third-order valence-electron chi connectivity index (χ3n) is 3.68. The summed E-state index contributed by atoms with van der Waals surface area (Å²) >= 11 is 6.05. The maximum atomic E-state index is 6.05. The molecule has 0 saturated carbocycles. The molecule has 0 spiro atoms. The summed E-state index contributed by atoms with van der Waals surface area (Å²) in [5.74, 6) is 1.11. The van der Waals surface area contributed by atoms with Crippen LogP contribution in [0.25, 0.3) is 0 Å². The molecule has 1 saturated heterocycles. The first kappa shape index (κ1) is 16.1. The molecule has 2 heterocycles. The summed E-state index contributed by atoms with van der Waals surface area (Å²) in [7, 11) is 0. The molecule has 1 fully saturated rings. The van der Waals surface area contributed by atoms with Crippen LogP contribution in [-0.4, -0.2) is 24.3 Å². The maximum absolute atomic E-state index is 6.05. The van der Waals surface area contributed by atoms with Gasteiger partial charge in [-0.25, -0.2) is 4.98 Å². The van der Waals surface area contributed by atoms with E-state index >= 15 is 0 Å². The van der Waals surface area contributed by atoms with Gasteiger partial charge in [0.1, 0.15) is 24.1 Å². The van der Waals surface area contributed by atoms with Gasteiger partial charge < -0.3 is 14.2 Å². The molecule has 1 aliphatic rings. The molecule has 122 valence electrons. The van der Waals surface area contributed by atoms with Crippen LogP contribution in [0.5, 0.6) is 11.6 Å². The lowest BCUT2D eigenvalue weighted by molar-refractivity contribution is -0.0119. The van der Waals surface area contributed by atoms with Crippen molar-refractivity contribution < 1.29 is 14.2 Å². The van der Waals surface area contributed by atoms with E-state index in [9.17, 15) is 0 Å². The molecular formula is C18H20ClNO3. The third-order valence-corrected chi connectivity index (χ3v) is 3.88. The summed E-state index contributed by atoms with van der Waals surface area (Å²) in [5.41, 5.74) is 1.10. The molecule has 1 aromatic carbocycles. The van der Waals surface area contributed by atoms with Crippen LogP contribution in [0.4, 0.5) is 0 Å². The summed E-state index contributed by atoms with van der Waals surface area (Å²) in [6.07, 6.45) is 3.47. The molecule has 0 amide bonds. The number of hydrogen-bond donors (Lipinski definition) is 0. The second kappa shape index (κ2) is 8.18. The fourth-order valence-electron chi connectivity index (χ4n) is 2.47. The van der Waals surface area contributed by atoms with Gasteiger partial charge in [-0.3, -0.25) is 0 Å². The third kappa shape index (κ3) is 5.12. The fraction of sp³-hybridized carbons (Fsp3) is 0.389. The van der Waals surface area contributed by atoms with Crippen molar-refractivity contribution in [1.29, 1.82) is 0 Å². The van der Waals surface area contributed by atoms with Crippen LogP contribution in [0.3, 0.4) is 0 Å². The van der Waals surface area contributed by atoms with Crippen molar-refractivity contribution in [2.45, 2.75) is 32.0 Å². The lowest BCUT2D eigenvalue weighted by atomic mass is 10.1. The van der Waals surface area contributed by atoms with Crippen LogP contribution >= 0.6 is 11.6 Å². The first-order valence-electron chi connectivity index (χ1n) is 7.88. The molecule has 3 rings (SSSR count). The van der Waals surface area contributed by atoms with Gasteiger partial charge in [0.25, 0.3) is 0 Å². The summed E-state index contributed by atoms with van der Waals surface area (Å²) < 4.78 is 17.1. The zero-order valence-electron chi connectivity index (χ0n) is 12.9. The molecular weight excluding hydrogens is 314 g/mol. The lowest BCUT2D eigenvalue weighted by Crippen LogP contribution is -2.26. The van der Waals surface area contributed by atoms with Crippen molar-refractivity contribution in [3.8, 4) is 11.6 Å². The molecule has 1 aromatic heterocycles. The van der Waals surface area contributed by atoms with Crippen LogP contribution in [0, 0.1) is 0 Å². The number of halogens is 1. The number of hydrogen-bond acceptors (Lipinski definition) is 4. The Morgan fingerprint density at radius 3 is 2.78 bits per heavy atom. The second-order valence-corrected chi connectivity index (χ2v) is 5.92. The van der Waals surface area contributed by atoms with E-state index in [0.717, 1.165) is 25.0 Å². The van der Waals surface area contributed by atoms with Crippen molar-refractivity contribution in [3.63, 3.8) is 0 Å². The van der Waals surface area contributed by atoms with Gasteiger partial charge in [0, 0.05) is 18.7 Å². The minimum absolute atomic E-state index is 0.137. The molecule has 1 atom stereocenters. The van der Waals surface area contributed by atoms with Crippen molar-refractivity contribution in [1.82, 2.24) is 4.98 Å². The molecule has 1 aliphatic heterocycles. The average Bonchev–Trinajstić information content (AvgIpc) is 2.60. The highest BCUT2D eigenvalue weighted by Crippen LogP contribution is 2.24. The monoisotopic (exact) mass is 333 g/mol. The van der Waals surface area contributed by atoms with Gasteiger partial charge >= 0.3 is 0 Å². The smallest absolute Gasteiger partial charge is 0.218 e. The van der Waals surface area contributed by atoms with Crippen molar-refractivity contribution in [2.24, 2.45) is 0 Å². The molecule has 1 unspecified atom stereocenters. The van der Waals surface area contributed by atoms with E-state index in [2.05, 4.69) is 4.98 Å². The Morgan fingerprint density at radius 2 is 2.00 bits per heavy atom. The van der Waals surface area contributed by atoms with Gasteiger partial charge in [-0.05, 0) is 24.8 Å². The van der Waals surface area contributed by atoms with Crippen LogP contribution in [-0.2, 0) is 11.3 Å². The van der Waals surface area contributed by atoms with Gasteiger partial charge in [0.05, 0.1) is 6.10 Å². The van der Waals surface area contributed by atoms with Crippen molar-refractivity contribution in [2.75, 3.05) is 13.2 Å². The number of nitrogens with zero attached hydrogens (tertiary/aromatic N) is 1. The molecule has 5 heteroatoms. The topological polar surface area (TPSA) is 40.6 Å². The number of aromatic nitrogens is 1. The first-order chi connectivity index (χ1) is 11.3. The normalized spacial score (nSPS) is 17.7. The van der Waals surface area contributed by atoms with Gasteiger partial charge in [-0.15, -0.1) is 0 Å². The highest BCUT2D eigenvalue weighted by Gasteiger charge is 2.15. The highest BCUT2D eigenvalue weighted by molar-refractivity contribution is 6.29. The Kier molecular flexibility index (Phi) is 5.72. The standard InChI is InChI=1S/C18H20ClNO3/c19-17-10-16(22-12-14-6-2-1-3-7-14)11-18(20-17)23-13-15-8-4-5-9-21-15/h1-3,6-7,10-11,15H,4-5,8-9,12-13H2. The molecule has 2 aromatic rings. The highest BCUT2D eigenvalue weighted by atomic mass is 35.5. The molecule has 0 radical (unpaired) electrons. The van der Waals surface area contributed by atoms with Crippen molar-refractivity contribution >= 4 is 11.6 Å². The van der Waals surface area contributed by atoms with E-state index in [1.807, 2.05) is 30.3 Å². The van der Waals surface area contributed by atoms with Gasteiger partial charge in [0.15, 0.2) is 0 Å². The van der Waals surface area contributed by atoms with E-state index < -0.39 is 0 Å². The molecule has 0 N–H and O–H groups in total. The van der Waals surface area contributed by atoms with E-state index in [4.69, 9.17) is 25.8 Å². The Morgan fingerprint density at radius 1 is 1.13 bits per heavy atom. The Hall–Kier alpha value is -1.78. The van der Waals surface area contributed by atoms with Crippen LogP contribution in [0.1, 0.15) is 24.8 Å². The van der Waals surface area contributed by atoms with Gasteiger partial charge in [0.2, 0.25) is 5.88 Å². The number of benzene rings is 1. The molecule has 4 nitrogen and oxygen atoms in total. The predicted octanol–water partition coefficient (Wildman–Crippen LogP) is 4.26. The van der Waals surface area contributed by atoms with E-state index in [0.29, 0.717) is 30.0 Å². The van der Waals surface area contributed by atoms with E-state index in [1.54, 1.807) is 12.1 Å². The molecule has 0 bridgehead atoms. The van der Waals surface area contributed by atoms with E-state index in [-0.39, 0.29) is 6.10 Å². The summed E-state index contributed by atoms with van der Waals surface area (Å²) in [4.78, 5) is 4.18. The van der Waals surface area contributed by atoms with Gasteiger partial charge in [-0.2, -0.15) is 0 Å². The Labute approximate surface area is 141 Å². The predicted molar refractivity (Wildman–Crippen MR) is 89.1 cm³/mol. The van der Waals surface area contributed by atoms with Crippen LogP contribution < -0.4 is 9.47 Å². The quantitative estimate of drug-likeness (QED) is 0.740. The van der Waals surface area contributed by atoms with Crippen LogP contribution in [0.15, 0.2) is 42.5 Å². The minimum atomic E-state index is 0.137. The Bertz CT molecular complexity index is 615. The van der Waals surface area contributed by atoms with Gasteiger partial charge in [-0.1, -0.05) is 41.9 Å². The zero-order valence-corrected chi connectivity index (χ0v) is 13.7. The summed E-state index contributed by atoms with van der Waals surface area (Å²) in [6, 6.07) is 13.4. The first-order valence-corrected chi connectivity index (χ1v) is 8.26. The lowest BCUT2D eigenvalue weighted by Gasteiger charge is -2.22. The fourth-order valence-corrected chi connectivity index (χ4v) is 2.66. The SMILES string of the molecule is Clc1cc(OCc2ccccc2)cc(OCC2CCCCO2)n1. The number of ether oxygens (including phenoxy) is 3. The summed E-state index contributed by atoms with van der Waals surface area (Å²) in [5, 5.41) is 0.357. The van der Waals surface area contributed by atoms with E-state index in [1.165, 1.54) is 6.42 Å². The van der Waals surface area contributed by atoms with Crippen molar-refractivity contribution in [3.05, 3.63) is 53.2 Å². The molecule has 0 aliphatic carbocycles. The second-order valence-electron chi connectivity index (χ2n) is 5.54. The average molecular weight is 334 g/mol. The number of pyridine rings is 1. The Balaban J connectivity index is 1.57. The maximum Gasteiger partial charge on any atom is 0.218 e. The largest absolute Gasteiger partial charge is 0.489 e. The summed E-state index contributed by atoms with van der Waals surface area (Å²) in [6.45, 7) is 1.78. The minimum Gasteiger partial charge on any atom is -0.489 e.